The van der Waals surface area contributed by atoms with Crippen LogP contribution >= 0.6 is 24.0 Å². The molecule has 0 spiro atoms. The van der Waals surface area contributed by atoms with Crippen molar-refractivity contribution in [3.63, 3.8) is 0 Å². The molecule has 2 heterocycles. The van der Waals surface area contributed by atoms with Gasteiger partial charge in [-0.3, -0.25) is 0 Å². The van der Waals surface area contributed by atoms with E-state index in [1.54, 1.807) is 19.1 Å². The van der Waals surface area contributed by atoms with Crippen LogP contribution in [0.5, 0.6) is 0 Å². The number of guanidine groups is 1. The summed E-state index contributed by atoms with van der Waals surface area (Å²) in [5.74, 6) is 1.19. The Bertz CT molecular complexity index is 641. The van der Waals surface area contributed by atoms with Gasteiger partial charge in [0.1, 0.15) is 17.0 Å². The van der Waals surface area contributed by atoms with Gasteiger partial charge in [-0.15, -0.1) is 24.0 Å². The van der Waals surface area contributed by atoms with Crippen molar-refractivity contribution in [1.82, 2.24) is 15.5 Å². The number of halogens is 1. The molecule has 1 aromatic heterocycles. The first-order valence-electron chi connectivity index (χ1n) is 9.40. The van der Waals surface area contributed by atoms with Gasteiger partial charge in [0.15, 0.2) is 5.96 Å². The second-order valence-electron chi connectivity index (χ2n) is 8.00. The van der Waals surface area contributed by atoms with Crippen molar-refractivity contribution in [2.24, 2.45) is 4.99 Å². The number of rotatable bonds is 5. The van der Waals surface area contributed by atoms with Gasteiger partial charge >= 0.3 is 6.09 Å². The van der Waals surface area contributed by atoms with E-state index in [0.29, 0.717) is 24.8 Å². The highest BCUT2D eigenvalue weighted by atomic mass is 127. The molecule has 1 fully saturated rings. The summed E-state index contributed by atoms with van der Waals surface area (Å²) < 4.78 is 10.6. The molecule has 1 aliphatic heterocycles. The van der Waals surface area contributed by atoms with Gasteiger partial charge in [0, 0.05) is 19.6 Å². The molecule has 0 bridgehead atoms. The van der Waals surface area contributed by atoms with Crippen molar-refractivity contribution in [3.8, 4) is 0 Å². The molecule has 2 atom stereocenters. The maximum atomic E-state index is 12.0. The van der Waals surface area contributed by atoms with E-state index in [1.807, 2.05) is 27.7 Å². The van der Waals surface area contributed by atoms with Crippen molar-refractivity contribution in [2.75, 3.05) is 26.2 Å². The fraction of sp³-hybridized carbons (Fsp3) is 0.684. The van der Waals surface area contributed by atoms with Crippen LogP contribution in [-0.4, -0.2) is 59.9 Å². The molecular formula is C19H33IN4O4. The number of ether oxygens (including phenoxy) is 1. The lowest BCUT2D eigenvalue weighted by molar-refractivity contribution is 0.0435. The number of alkyl carbamates (subject to hydrolysis) is 1. The van der Waals surface area contributed by atoms with Crippen molar-refractivity contribution >= 4 is 36.0 Å². The van der Waals surface area contributed by atoms with Crippen LogP contribution in [0, 0.1) is 0 Å². The minimum atomic E-state index is -1.18. The molecule has 2 unspecified atom stereocenters. The van der Waals surface area contributed by atoms with Crippen LogP contribution in [0.25, 0.3) is 0 Å². The van der Waals surface area contributed by atoms with Gasteiger partial charge in [0.25, 0.3) is 0 Å². The average molecular weight is 508 g/mol. The molecule has 1 aliphatic rings. The molecule has 28 heavy (non-hydrogen) atoms. The number of amides is 1. The summed E-state index contributed by atoms with van der Waals surface area (Å²) in [7, 11) is 0. The summed E-state index contributed by atoms with van der Waals surface area (Å²) >= 11 is 0. The largest absolute Gasteiger partial charge is 0.466 e. The molecule has 160 valence electrons. The number of aliphatic hydroxyl groups is 1. The summed E-state index contributed by atoms with van der Waals surface area (Å²) in [4.78, 5) is 18.6. The van der Waals surface area contributed by atoms with Crippen LogP contribution in [-0.2, 0) is 10.3 Å². The topological polar surface area (TPSA) is 99.3 Å². The van der Waals surface area contributed by atoms with E-state index in [9.17, 15) is 9.90 Å². The Labute approximate surface area is 184 Å². The average Bonchev–Trinajstić information content (AvgIpc) is 3.21. The van der Waals surface area contributed by atoms with Crippen LogP contribution in [0.1, 0.15) is 46.8 Å². The summed E-state index contributed by atoms with van der Waals surface area (Å²) in [6.45, 7) is 11.5. The highest BCUT2D eigenvalue weighted by Crippen LogP contribution is 2.21. The summed E-state index contributed by atoms with van der Waals surface area (Å²) in [5, 5.41) is 16.7. The molecule has 9 heteroatoms. The van der Waals surface area contributed by atoms with Gasteiger partial charge in [-0.1, -0.05) is 0 Å². The first-order chi connectivity index (χ1) is 12.6. The third kappa shape index (κ3) is 7.50. The number of nitrogens with one attached hydrogen (secondary N) is 2. The number of carbonyl (C=O) groups excluding carboxylic acids is 1. The number of furan rings is 1. The van der Waals surface area contributed by atoms with Gasteiger partial charge in [-0.2, -0.15) is 0 Å². The third-order valence-electron chi connectivity index (χ3n) is 4.13. The summed E-state index contributed by atoms with van der Waals surface area (Å²) in [6.07, 6.45) is 1.93. The van der Waals surface area contributed by atoms with E-state index in [1.165, 1.54) is 6.26 Å². The zero-order valence-corrected chi connectivity index (χ0v) is 19.6. The molecule has 2 rings (SSSR count). The molecular weight excluding hydrogens is 475 g/mol. The lowest BCUT2D eigenvalue weighted by Crippen LogP contribution is -2.44. The van der Waals surface area contributed by atoms with Gasteiger partial charge in [0.05, 0.1) is 18.8 Å². The predicted octanol–water partition coefficient (Wildman–Crippen LogP) is 2.67. The Balaban J connectivity index is 0.00000392. The standard InChI is InChI=1S/C19H32N4O4.HI/c1-6-20-16(21-13-19(5,25)15-8-7-11-26-15)23-10-9-14(12-23)22-17(24)27-18(2,3)4;/h7-8,11,14,25H,6,9-10,12-13H2,1-5H3,(H,20,21)(H,22,24);1H. The molecule has 1 saturated heterocycles. The molecule has 1 amide bonds. The van der Waals surface area contributed by atoms with E-state index in [2.05, 4.69) is 20.5 Å². The fourth-order valence-corrected chi connectivity index (χ4v) is 2.86. The normalized spacial score (nSPS) is 19.6. The van der Waals surface area contributed by atoms with E-state index in [0.717, 1.165) is 13.0 Å². The van der Waals surface area contributed by atoms with E-state index < -0.39 is 17.3 Å². The smallest absolute Gasteiger partial charge is 0.407 e. The number of hydrogen-bond donors (Lipinski definition) is 3. The van der Waals surface area contributed by atoms with Crippen molar-refractivity contribution in [1.29, 1.82) is 0 Å². The molecule has 1 aromatic rings. The Morgan fingerprint density at radius 1 is 1.43 bits per heavy atom. The summed E-state index contributed by atoms with van der Waals surface area (Å²) in [5.41, 5.74) is -1.70. The maximum absolute atomic E-state index is 12.0. The monoisotopic (exact) mass is 508 g/mol. The highest BCUT2D eigenvalue weighted by Gasteiger charge is 2.30. The van der Waals surface area contributed by atoms with Crippen LogP contribution in [0.4, 0.5) is 4.79 Å². The minimum absolute atomic E-state index is 0. The second-order valence-corrected chi connectivity index (χ2v) is 8.00. The van der Waals surface area contributed by atoms with Gasteiger partial charge in [-0.05, 0) is 53.2 Å². The number of carbonyl (C=O) groups is 1. The van der Waals surface area contributed by atoms with E-state index in [4.69, 9.17) is 9.15 Å². The number of likely N-dealkylation sites (tertiary alicyclic amines) is 1. The minimum Gasteiger partial charge on any atom is -0.466 e. The molecule has 8 nitrogen and oxygen atoms in total. The second kappa shape index (κ2) is 10.3. The van der Waals surface area contributed by atoms with Crippen molar-refractivity contribution in [3.05, 3.63) is 24.2 Å². The van der Waals surface area contributed by atoms with Crippen LogP contribution < -0.4 is 10.6 Å². The van der Waals surface area contributed by atoms with Gasteiger partial charge in [-0.25, -0.2) is 9.79 Å². The fourth-order valence-electron chi connectivity index (χ4n) is 2.86. The Hall–Kier alpha value is -1.49. The quantitative estimate of drug-likeness (QED) is 0.322. The predicted molar refractivity (Wildman–Crippen MR) is 119 cm³/mol. The Morgan fingerprint density at radius 3 is 2.71 bits per heavy atom. The SMILES string of the molecule is CCNC(=NCC(C)(O)c1ccco1)N1CCC(NC(=O)OC(C)(C)C)C1.I. The summed E-state index contributed by atoms with van der Waals surface area (Å²) in [6, 6.07) is 3.47. The molecule has 0 aliphatic carbocycles. The van der Waals surface area contributed by atoms with Crippen LogP contribution in [0.15, 0.2) is 27.8 Å². The third-order valence-corrected chi connectivity index (χ3v) is 4.13. The van der Waals surface area contributed by atoms with Crippen LogP contribution in [0.3, 0.4) is 0 Å². The number of nitrogens with zero attached hydrogens (tertiary/aromatic N) is 2. The van der Waals surface area contributed by atoms with Gasteiger partial charge in [0.2, 0.25) is 0 Å². The first kappa shape index (κ1) is 24.5. The lowest BCUT2D eigenvalue weighted by Gasteiger charge is -2.25. The van der Waals surface area contributed by atoms with Crippen molar-refractivity contribution < 1.29 is 19.1 Å². The molecule has 0 saturated carbocycles. The Morgan fingerprint density at radius 2 is 2.14 bits per heavy atom. The molecule has 0 aromatic carbocycles. The van der Waals surface area contributed by atoms with E-state index in [-0.39, 0.29) is 36.6 Å². The lowest BCUT2D eigenvalue weighted by atomic mass is 10.0. The zero-order valence-electron chi connectivity index (χ0n) is 17.3. The Kier molecular flexibility index (Phi) is 9.06. The number of aliphatic imine (C=N–C) groups is 1. The molecule has 3 N–H and O–H groups in total. The molecule has 0 radical (unpaired) electrons. The maximum Gasteiger partial charge on any atom is 0.407 e. The van der Waals surface area contributed by atoms with E-state index >= 15 is 0 Å². The first-order valence-corrected chi connectivity index (χ1v) is 9.40. The number of hydrogen-bond acceptors (Lipinski definition) is 5. The zero-order chi connectivity index (χ0) is 20.1. The van der Waals surface area contributed by atoms with Gasteiger partial charge < -0.3 is 29.8 Å². The van der Waals surface area contributed by atoms with Crippen LogP contribution in [0.2, 0.25) is 0 Å². The highest BCUT2D eigenvalue weighted by molar-refractivity contribution is 14.0. The van der Waals surface area contributed by atoms with Crippen molar-refractivity contribution in [2.45, 2.75) is 58.3 Å².